The highest BCUT2D eigenvalue weighted by Crippen LogP contribution is 3.06. The van der Waals surface area contributed by atoms with Crippen LogP contribution in [0.3, 0.4) is 0 Å². The van der Waals surface area contributed by atoms with Gasteiger partial charge >= 0.3 is 0 Å². The van der Waals surface area contributed by atoms with E-state index in [1.807, 2.05) is 0 Å². The molecule has 2 aromatic rings. The molecule has 0 fully saturated rings. The second kappa shape index (κ2) is 7.23. The topological polar surface area (TPSA) is 0 Å². The molecule has 2 aliphatic rings. The van der Waals surface area contributed by atoms with Crippen molar-refractivity contribution in [3.8, 4) is 0 Å². The molecular weight excluding hydrogens is 374 g/mol. The first-order valence-corrected chi connectivity index (χ1v) is 13.9. The highest BCUT2D eigenvalue weighted by Gasteiger charge is 2.58. The lowest BCUT2D eigenvalue weighted by Gasteiger charge is -2.23. The maximum Gasteiger partial charge on any atom is -0.00277 e. The summed E-state index contributed by atoms with van der Waals surface area (Å²) >= 11 is 0. The van der Waals surface area contributed by atoms with Gasteiger partial charge in [-0.3, -0.25) is 0 Å². The van der Waals surface area contributed by atoms with E-state index in [1.54, 1.807) is 21.3 Å². The maximum atomic E-state index is 2.46. The molecule has 2 atom stereocenters. The van der Waals surface area contributed by atoms with Gasteiger partial charge in [0.1, 0.15) is 0 Å². The molecule has 0 radical (unpaired) electrons. The molecule has 2 aromatic carbocycles. The van der Waals surface area contributed by atoms with Gasteiger partial charge in [0.15, 0.2) is 0 Å². The van der Waals surface area contributed by atoms with Gasteiger partial charge in [-0.25, -0.2) is 0 Å². The first-order chi connectivity index (χ1) is 13.3. The molecule has 4 rings (SSSR count). The number of allylic oxidation sites excluding steroid dienone is 2. The fourth-order valence-electron chi connectivity index (χ4n) is 3.97. The summed E-state index contributed by atoms with van der Waals surface area (Å²) in [5.41, 5.74) is 3.57. The Morgan fingerprint density at radius 1 is 0.571 bits per heavy atom. The molecule has 0 bridgehead atoms. The quantitative estimate of drug-likeness (QED) is 0.402. The van der Waals surface area contributed by atoms with E-state index in [-0.39, 0.29) is 15.2 Å². The predicted octanol–water partition coefficient (Wildman–Crippen LogP) is 9.50. The Labute approximate surface area is 173 Å². The zero-order chi connectivity index (χ0) is 20.1. The first kappa shape index (κ1) is 20.1. The number of benzene rings is 2. The van der Waals surface area contributed by atoms with Gasteiger partial charge in [-0.05, 0) is 71.3 Å². The van der Waals surface area contributed by atoms with Crippen LogP contribution in [-0.2, 0) is 0 Å². The lowest BCUT2D eigenvalue weighted by atomic mass is 9.89. The SMILES string of the molecule is CCC(C)(C)C1=C(c2ccccc2)P1[P@@]1C(c2ccccc2)=C1C(C)(C)CC. The summed E-state index contributed by atoms with van der Waals surface area (Å²) in [6.07, 6.45) is 2.43. The summed E-state index contributed by atoms with van der Waals surface area (Å²) in [4.78, 5) is 0. The van der Waals surface area contributed by atoms with E-state index in [4.69, 9.17) is 0 Å². The van der Waals surface area contributed by atoms with Gasteiger partial charge in [0.25, 0.3) is 0 Å². The molecule has 0 N–H and O–H groups in total. The van der Waals surface area contributed by atoms with Gasteiger partial charge < -0.3 is 0 Å². The zero-order valence-electron chi connectivity index (χ0n) is 18.1. The summed E-state index contributed by atoms with van der Waals surface area (Å²) in [5.74, 6) is 0. The summed E-state index contributed by atoms with van der Waals surface area (Å²) < 4.78 is 0. The second-order valence-corrected chi connectivity index (χ2v) is 14.7. The smallest absolute Gasteiger partial charge is 0.00277 e. The maximum absolute atomic E-state index is 2.46. The zero-order valence-corrected chi connectivity index (χ0v) is 19.9. The standard InChI is InChI=1S/C26H32P2/c1-7-25(3,4)23-21(19-15-11-9-12-16-19)27(23)28-22(20-17-13-10-14-18-20)24(28)26(5,6)8-2/h9-18H,7-8H2,1-6H3/t27-,28?/m0/s1. The first-order valence-electron chi connectivity index (χ1n) is 10.5. The van der Waals surface area contributed by atoms with E-state index in [0.717, 1.165) is 0 Å². The number of hydrogen-bond acceptors (Lipinski definition) is 0. The van der Waals surface area contributed by atoms with Crippen LogP contribution in [0.5, 0.6) is 0 Å². The lowest BCUT2D eigenvalue weighted by molar-refractivity contribution is 0.457. The minimum absolute atomic E-state index is 0.144. The van der Waals surface area contributed by atoms with Crippen molar-refractivity contribution in [1.29, 1.82) is 0 Å². The molecule has 146 valence electrons. The van der Waals surface area contributed by atoms with Crippen molar-refractivity contribution in [2.45, 2.75) is 54.4 Å². The van der Waals surface area contributed by atoms with Crippen molar-refractivity contribution < 1.29 is 0 Å². The number of hydrogen-bond donors (Lipinski definition) is 0. The minimum atomic E-state index is -0.144. The molecule has 2 heteroatoms. The Hall–Kier alpha value is -1.22. The van der Waals surface area contributed by atoms with E-state index in [9.17, 15) is 0 Å². The van der Waals surface area contributed by atoms with Crippen molar-refractivity contribution in [1.82, 2.24) is 0 Å². The van der Waals surface area contributed by atoms with Crippen LogP contribution in [0.4, 0.5) is 0 Å². The third kappa shape index (κ3) is 3.34. The van der Waals surface area contributed by atoms with E-state index < -0.39 is 0 Å². The average Bonchev–Trinajstić information content (AvgIpc) is 3.60. The second-order valence-electron chi connectivity index (χ2n) is 9.22. The van der Waals surface area contributed by atoms with E-state index in [0.29, 0.717) is 10.8 Å². The van der Waals surface area contributed by atoms with Crippen molar-refractivity contribution >= 4 is 25.8 Å². The Balaban J connectivity index is 1.74. The van der Waals surface area contributed by atoms with Crippen LogP contribution < -0.4 is 0 Å². The Kier molecular flexibility index (Phi) is 5.18. The summed E-state index contributed by atoms with van der Waals surface area (Å²) in [5, 5.41) is 7.00. The molecule has 0 amide bonds. The van der Waals surface area contributed by atoms with Gasteiger partial charge in [0.2, 0.25) is 0 Å². The third-order valence-corrected chi connectivity index (χ3v) is 14.4. The van der Waals surface area contributed by atoms with Crippen LogP contribution in [0.15, 0.2) is 71.3 Å². The van der Waals surface area contributed by atoms with Gasteiger partial charge in [-0.15, -0.1) is 0 Å². The molecule has 0 aromatic heterocycles. The predicted molar refractivity (Wildman–Crippen MR) is 129 cm³/mol. The van der Waals surface area contributed by atoms with Crippen molar-refractivity contribution in [2.75, 3.05) is 0 Å². The van der Waals surface area contributed by atoms with E-state index in [1.165, 1.54) is 24.0 Å². The molecule has 0 saturated carbocycles. The molecule has 0 saturated heterocycles. The fraction of sp³-hybridized carbons (Fsp3) is 0.385. The molecular formula is C26H32P2. The summed E-state index contributed by atoms with van der Waals surface area (Å²) in [6, 6.07) is 22.4. The molecule has 2 heterocycles. The van der Waals surface area contributed by atoms with E-state index >= 15 is 0 Å². The Bertz CT molecular complexity index is 853. The molecule has 1 unspecified atom stereocenters. The van der Waals surface area contributed by atoms with Crippen molar-refractivity contribution in [3.05, 3.63) is 82.4 Å². The molecule has 28 heavy (non-hydrogen) atoms. The van der Waals surface area contributed by atoms with Gasteiger partial charge in [0, 0.05) is 0 Å². The third-order valence-electron chi connectivity index (χ3n) is 6.54. The largest absolute Gasteiger partial charge is 0.0646 e. The Morgan fingerprint density at radius 2 is 0.893 bits per heavy atom. The van der Waals surface area contributed by atoms with Crippen LogP contribution in [0.2, 0.25) is 0 Å². The van der Waals surface area contributed by atoms with Gasteiger partial charge in [-0.1, -0.05) is 102 Å². The minimum Gasteiger partial charge on any atom is -0.0646 e. The van der Waals surface area contributed by atoms with Crippen LogP contribution in [-0.4, -0.2) is 0 Å². The summed E-state index contributed by atoms with van der Waals surface area (Å²) in [6.45, 7) is 14.5. The molecule has 0 spiro atoms. The Morgan fingerprint density at radius 3 is 1.18 bits per heavy atom. The van der Waals surface area contributed by atoms with Crippen LogP contribution in [0.1, 0.15) is 65.5 Å². The van der Waals surface area contributed by atoms with E-state index in [2.05, 4.69) is 102 Å². The van der Waals surface area contributed by atoms with Gasteiger partial charge in [0.05, 0.1) is 0 Å². The normalized spacial score (nSPS) is 21.9. The highest BCUT2D eigenvalue weighted by molar-refractivity contribution is 8.47. The number of rotatable bonds is 7. The molecule has 0 nitrogen and oxygen atoms in total. The molecule has 0 aliphatic carbocycles. The average molecular weight is 406 g/mol. The van der Waals surface area contributed by atoms with Gasteiger partial charge in [-0.2, -0.15) is 0 Å². The highest BCUT2D eigenvalue weighted by atomic mass is 32.1. The fourth-order valence-corrected chi connectivity index (χ4v) is 14.9. The summed E-state index contributed by atoms with van der Waals surface area (Å²) in [7, 11) is -0.287. The van der Waals surface area contributed by atoms with Crippen LogP contribution >= 0.6 is 15.2 Å². The van der Waals surface area contributed by atoms with Crippen molar-refractivity contribution in [2.24, 2.45) is 10.8 Å². The van der Waals surface area contributed by atoms with Crippen molar-refractivity contribution in [3.63, 3.8) is 0 Å². The monoisotopic (exact) mass is 406 g/mol. The lowest BCUT2D eigenvalue weighted by Crippen LogP contribution is -2.07. The van der Waals surface area contributed by atoms with Crippen LogP contribution in [0.25, 0.3) is 10.6 Å². The molecule has 2 aliphatic heterocycles. The van der Waals surface area contributed by atoms with Crippen LogP contribution in [0, 0.1) is 10.8 Å².